The molecule has 0 nitrogen and oxygen atoms in total. The molecule has 0 aromatic heterocycles. The zero-order valence-electron chi connectivity index (χ0n) is 2.01. The summed E-state index contributed by atoms with van der Waals surface area (Å²) in [5.74, 6) is 0. The Morgan fingerprint density at radius 3 is 0.400 bits per heavy atom. The van der Waals surface area contributed by atoms with Crippen LogP contribution in [0.2, 0.25) is 0 Å². The van der Waals surface area contributed by atoms with Gasteiger partial charge in [-0.3, -0.25) is 0 Å². The number of rotatable bonds is 0. The fourth-order valence-electron chi connectivity index (χ4n) is 0. The molecule has 0 unspecified atom stereocenters. The van der Waals surface area contributed by atoms with Crippen molar-refractivity contribution in [2.45, 2.75) is 0 Å². The number of halogens is 4. The largest absolute Gasteiger partial charge is 4.00 e. The van der Waals surface area contributed by atoms with Gasteiger partial charge in [-0.25, -0.2) is 0 Å². The third-order valence-corrected chi connectivity index (χ3v) is 0. The minimum absolute atomic E-state index is 0. The monoisotopic (exact) mass is 88.0 g/mol. The van der Waals surface area contributed by atoms with Crippen LogP contribution < -0.4 is 18.8 Å². The smallest absolute Gasteiger partial charge is 1.00 e. The molecule has 0 N–H and O–H groups in total. The predicted molar refractivity (Wildman–Crippen MR) is 3.24 cm³/mol. The molecule has 0 bridgehead atoms. The van der Waals surface area contributed by atoms with Crippen LogP contribution in [0.25, 0.3) is 0 Å². The average molecular weight is 88.0 g/mol. The molecule has 0 atom stereocenters. The summed E-state index contributed by atoms with van der Waals surface area (Å²) in [6.07, 6.45) is 0. The van der Waals surface area contributed by atoms with Crippen LogP contribution in [0.4, 0.5) is 0 Å². The molecule has 0 saturated carbocycles. The van der Waals surface area contributed by atoms with Gasteiger partial charge in [0, 0.05) is 0 Å². The molecule has 0 aromatic rings. The Morgan fingerprint density at radius 2 is 0.400 bits per heavy atom. The second-order valence-corrected chi connectivity index (χ2v) is 0. The standard InChI is InChI=1S/C.4FH/h;4*1H/q+4;;;;/p-4. The average Bonchev–Trinajstić information content (AvgIpc) is 0. The normalized spacial score (nSPS) is 0. The van der Waals surface area contributed by atoms with E-state index in [9.17, 15) is 0 Å². The molecule has 0 aliphatic heterocycles. The van der Waals surface area contributed by atoms with Crippen molar-refractivity contribution in [3.63, 3.8) is 0 Å². The first-order chi connectivity index (χ1) is 0. The van der Waals surface area contributed by atoms with E-state index >= 15 is 0 Å². The molecule has 4 heteroatoms. The summed E-state index contributed by atoms with van der Waals surface area (Å²) in [4.78, 5) is 0. The molecular formula is CF4. The molecule has 0 rings (SSSR count). The van der Waals surface area contributed by atoms with Gasteiger partial charge in [-0.1, -0.05) is 0 Å². The first-order valence-corrected chi connectivity index (χ1v) is 0. The van der Waals surface area contributed by atoms with E-state index in [0.29, 0.717) is 0 Å². The van der Waals surface area contributed by atoms with Crippen molar-refractivity contribution in [3.8, 4) is 0 Å². The van der Waals surface area contributed by atoms with Crippen LogP contribution in [0.5, 0.6) is 0 Å². The second kappa shape index (κ2) is 351. The van der Waals surface area contributed by atoms with Gasteiger partial charge < -0.3 is 18.8 Å². The first kappa shape index (κ1) is 833. The van der Waals surface area contributed by atoms with Crippen molar-refractivity contribution < 1.29 is 18.8 Å². The van der Waals surface area contributed by atoms with Gasteiger partial charge in [0.1, 0.15) is 0 Å². The zero-order valence-corrected chi connectivity index (χ0v) is 2.01. The molecular weight excluding hydrogens is 88.0 g/mol. The predicted octanol–water partition coefficient (Wildman–Crippen LogP) is -11.9. The van der Waals surface area contributed by atoms with Crippen molar-refractivity contribution in [3.05, 3.63) is 7.43 Å². The van der Waals surface area contributed by atoms with Crippen LogP contribution in [0, 0.1) is 7.43 Å². The third-order valence-electron chi connectivity index (χ3n) is 0. The molecule has 0 spiro atoms. The molecule has 0 radical (unpaired) electrons. The maximum Gasteiger partial charge on any atom is 4.00 e. The molecule has 0 fully saturated rings. The van der Waals surface area contributed by atoms with Crippen molar-refractivity contribution in [1.29, 1.82) is 0 Å². The second-order valence-electron chi connectivity index (χ2n) is 0. The maximum atomic E-state index is 0. The summed E-state index contributed by atoms with van der Waals surface area (Å²) >= 11 is 0. The Morgan fingerprint density at radius 1 is 0.400 bits per heavy atom. The van der Waals surface area contributed by atoms with Crippen molar-refractivity contribution in [2.24, 2.45) is 0 Å². The zero-order chi connectivity index (χ0) is 0. The van der Waals surface area contributed by atoms with Crippen LogP contribution >= 0.6 is 0 Å². The van der Waals surface area contributed by atoms with Crippen LogP contribution in [0.15, 0.2) is 0 Å². The summed E-state index contributed by atoms with van der Waals surface area (Å²) in [6, 6.07) is 0. The van der Waals surface area contributed by atoms with E-state index in [1.165, 1.54) is 0 Å². The van der Waals surface area contributed by atoms with Gasteiger partial charge in [0.2, 0.25) is 0 Å². The summed E-state index contributed by atoms with van der Waals surface area (Å²) in [7, 11) is 0. The van der Waals surface area contributed by atoms with Crippen LogP contribution in [-0.2, 0) is 0 Å². The van der Waals surface area contributed by atoms with Gasteiger partial charge in [0.15, 0.2) is 0 Å². The summed E-state index contributed by atoms with van der Waals surface area (Å²) in [5, 5.41) is 0. The molecule has 32 valence electrons. The Balaban J connectivity index is 0. The third kappa shape index (κ3) is 140. The topological polar surface area (TPSA) is 0 Å². The van der Waals surface area contributed by atoms with Gasteiger partial charge in [-0.15, -0.1) is 0 Å². The SMILES string of the molecule is [C+4].[F-].[F-].[F-].[F-]. The van der Waals surface area contributed by atoms with Gasteiger partial charge in [-0.2, -0.15) is 0 Å². The Hall–Kier alpha value is -0.280. The quantitative estimate of drug-likeness (QED) is 0.258. The van der Waals surface area contributed by atoms with E-state index in [-0.39, 0.29) is 26.2 Å². The van der Waals surface area contributed by atoms with E-state index < -0.39 is 0 Å². The number of hydrogen-bond acceptors (Lipinski definition) is 0. The molecule has 0 aromatic carbocycles. The van der Waals surface area contributed by atoms with E-state index in [2.05, 4.69) is 0 Å². The van der Waals surface area contributed by atoms with Gasteiger partial charge in [0.05, 0.1) is 0 Å². The fourth-order valence-corrected chi connectivity index (χ4v) is 0. The molecule has 0 saturated heterocycles. The van der Waals surface area contributed by atoms with Crippen molar-refractivity contribution >= 4 is 0 Å². The Labute approximate surface area is 27.7 Å². The van der Waals surface area contributed by atoms with Crippen LogP contribution in [0.1, 0.15) is 0 Å². The van der Waals surface area contributed by atoms with Crippen molar-refractivity contribution in [1.82, 2.24) is 0 Å². The minimum atomic E-state index is 0. The molecule has 5 heavy (non-hydrogen) atoms. The molecule has 0 aliphatic rings. The number of hydrogen-bond donors (Lipinski definition) is 0. The first-order valence-electron chi connectivity index (χ1n) is 0. The minimum Gasteiger partial charge on any atom is -1.00 e. The van der Waals surface area contributed by atoms with E-state index in [4.69, 9.17) is 0 Å². The van der Waals surface area contributed by atoms with Gasteiger partial charge in [-0.05, 0) is 0 Å². The molecule has 0 amide bonds. The van der Waals surface area contributed by atoms with E-state index in [1.807, 2.05) is 0 Å². The fraction of sp³-hybridized carbons (Fsp3) is 0. The van der Waals surface area contributed by atoms with E-state index in [0.717, 1.165) is 0 Å². The van der Waals surface area contributed by atoms with Crippen molar-refractivity contribution in [2.75, 3.05) is 0 Å². The summed E-state index contributed by atoms with van der Waals surface area (Å²) in [5.41, 5.74) is 0. The summed E-state index contributed by atoms with van der Waals surface area (Å²) in [6.45, 7) is 0. The maximum absolute atomic E-state index is 0. The van der Waals surface area contributed by atoms with Crippen LogP contribution in [0.3, 0.4) is 0 Å². The van der Waals surface area contributed by atoms with Gasteiger partial charge in [0.25, 0.3) is 0 Å². The summed E-state index contributed by atoms with van der Waals surface area (Å²) < 4.78 is 0. The molecule has 0 heterocycles. The Bertz CT molecular complexity index is 3.61. The van der Waals surface area contributed by atoms with E-state index in [1.54, 1.807) is 0 Å². The van der Waals surface area contributed by atoms with Gasteiger partial charge >= 0.3 is 7.43 Å². The Kier molecular flexibility index (Phi) is 58500. The van der Waals surface area contributed by atoms with Crippen LogP contribution in [-0.4, -0.2) is 0 Å². The molecule has 0 aliphatic carbocycles.